The van der Waals surface area contributed by atoms with E-state index in [1.54, 1.807) is 0 Å². The van der Waals surface area contributed by atoms with E-state index in [0.29, 0.717) is 19.8 Å². The first-order valence-corrected chi connectivity index (χ1v) is 3.85. The van der Waals surface area contributed by atoms with Crippen molar-refractivity contribution >= 4 is 6.09 Å². The predicted molar refractivity (Wildman–Crippen MR) is 45.2 cm³/mol. The van der Waals surface area contributed by atoms with Crippen LogP contribution >= 0.6 is 0 Å². The van der Waals surface area contributed by atoms with Gasteiger partial charge in [0.05, 0.1) is 20.3 Å². The molecule has 0 radical (unpaired) electrons. The van der Waals surface area contributed by atoms with Crippen molar-refractivity contribution in [3.05, 3.63) is 0 Å². The van der Waals surface area contributed by atoms with Gasteiger partial charge in [0, 0.05) is 13.1 Å². The number of methoxy groups -OCH3 is 1. The summed E-state index contributed by atoms with van der Waals surface area (Å²) in [7, 11) is 3.19. The van der Waals surface area contributed by atoms with E-state index in [0.717, 1.165) is 6.54 Å². The van der Waals surface area contributed by atoms with Gasteiger partial charge in [-0.2, -0.15) is 0 Å². The number of carbonyl (C=O) groups is 1. The van der Waals surface area contributed by atoms with Crippen LogP contribution in [0.5, 0.6) is 0 Å². The van der Waals surface area contributed by atoms with Crippen LogP contribution in [0.3, 0.4) is 0 Å². The number of rotatable bonds is 6. The molecule has 0 aromatic rings. The average Bonchev–Trinajstić information content (AvgIpc) is 2.10. The molecular formula is C7H16N2O3. The van der Waals surface area contributed by atoms with Crippen LogP contribution in [0.15, 0.2) is 0 Å². The molecule has 0 aliphatic heterocycles. The second-order valence-electron chi connectivity index (χ2n) is 2.13. The number of ether oxygens (including phenoxy) is 2. The van der Waals surface area contributed by atoms with Crippen molar-refractivity contribution < 1.29 is 14.3 Å². The highest BCUT2D eigenvalue weighted by molar-refractivity contribution is 5.66. The first-order valence-electron chi connectivity index (χ1n) is 3.85. The zero-order valence-corrected chi connectivity index (χ0v) is 7.55. The van der Waals surface area contributed by atoms with E-state index < -0.39 is 6.09 Å². The Balaban J connectivity index is 2.95. The number of carbonyl (C=O) groups excluding carboxylic acids is 1. The Bertz CT molecular complexity index is 119. The fraction of sp³-hybridized carbons (Fsp3) is 0.857. The topological polar surface area (TPSA) is 59.6 Å². The number of alkyl carbamates (subject to hydrolysis) is 1. The minimum absolute atomic E-state index is 0.424. The van der Waals surface area contributed by atoms with Gasteiger partial charge in [-0.3, -0.25) is 0 Å². The lowest BCUT2D eigenvalue weighted by Crippen LogP contribution is -2.27. The molecule has 0 unspecified atom stereocenters. The van der Waals surface area contributed by atoms with Crippen LogP contribution < -0.4 is 10.6 Å². The molecule has 0 spiro atoms. The molecule has 0 aromatic heterocycles. The summed E-state index contributed by atoms with van der Waals surface area (Å²) in [6, 6.07) is 0. The summed E-state index contributed by atoms with van der Waals surface area (Å²) in [5, 5.41) is 5.44. The third-order valence-corrected chi connectivity index (χ3v) is 1.20. The molecule has 0 bridgehead atoms. The third kappa shape index (κ3) is 7.30. The Morgan fingerprint density at radius 2 is 2.00 bits per heavy atom. The van der Waals surface area contributed by atoms with Crippen molar-refractivity contribution in [2.75, 3.05) is 40.5 Å². The van der Waals surface area contributed by atoms with Crippen LogP contribution in [0.25, 0.3) is 0 Å². The Morgan fingerprint density at radius 3 is 2.58 bits per heavy atom. The van der Waals surface area contributed by atoms with E-state index in [1.165, 1.54) is 7.11 Å². The van der Waals surface area contributed by atoms with Gasteiger partial charge in [-0.25, -0.2) is 4.79 Å². The van der Waals surface area contributed by atoms with E-state index in [9.17, 15) is 4.79 Å². The zero-order valence-electron chi connectivity index (χ0n) is 7.55. The van der Waals surface area contributed by atoms with Crippen LogP contribution in [-0.4, -0.2) is 46.6 Å². The highest BCUT2D eigenvalue weighted by atomic mass is 16.5. The van der Waals surface area contributed by atoms with Gasteiger partial charge in [-0.1, -0.05) is 0 Å². The van der Waals surface area contributed by atoms with Crippen molar-refractivity contribution in [2.45, 2.75) is 0 Å². The maximum Gasteiger partial charge on any atom is 0.406 e. The molecule has 5 nitrogen and oxygen atoms in total. The molecule has 0 aliphatic rings. The van der Waals surface area contributed by atoms with Crippen molar-refractivity contribution in [3.8, 4) is 0 Å². The van der Waals surface area contributed by atoms with Gasteiger partial charge in [0.15, 0.2) is 0 Å². The molecular weight excluding hydrogens is 160 g/mol. The summed E-state index contributed by atoms with van der Waals surface area (Å²) < 4.78 is 9.50. The first-order chi connectivity index (χ1) is 5.81. The molecule has 0 aromatic carbocycles. The molecule has 0 saturated heterocycles. The smallest absolute Gasteiger partial charge is 0.406 e. The third-order valence-electron chi connectivity index (χ3n) is 1.20. The van der Waals surface area contributed by atoms with Crippen LogP contribution in [0.1, 0.15) is 0 Å². The zero-order chi connectivity index (χ0) is 9.23. The maximum atomic E-state index is 10.5. The number of nitrogens with one attached hydrogen (secondary N) is 2. The normalized spacial score (nSPS) is 9.50. The molecule has 5 heteroatoms. The lowest BCUT2D eigenvalue weighted by atomic mass is 10.6. The molecule has 0 heterocycles. The minimum Gasteiger partial charge on any atom is -0.453 e. The molecule has 72 valence electrons. The number of amides is 1. The Morgan fingerprint density at radius 1 is 1.33 bits per heavy atom. The number of likely N-dealkylation sites (N-methyl/N-ethyl adjacent to an activating group) is 1. The Hall–Kier alpha value is -0.810. The van der Waals surface area contributed by atoms with Gasteiger partial charge >= 0.3 is 6.09 Å². The van der Waals surface area contributed by atoms with Gasteiger partial charge in [-0.05, 0) is 7.05 Å². The molecule has 1 amide bonds. The fourth-order valence-electron chi connectivity index (χ4n) is 0.574. The second-order valence-corrected chi connectivity index (χ2v) is 2.13. The molecule has 12 heavy (non-hydrogen) atoms. The lowest BCUT2D eigenvalue weighted by Gasteiger charge is -2.04. The van der Waals surface area contributed by atoms with E-state index in [4.69, 9.17) is 4.74 Å². The molecule has 0 aliphatic carbocycles. The summed E-state index contributed by atoms with van der Waals surface area (Å²) >= 11 is 0. The second kappa shape index (κ2) is 8.29. The van der Waals surface area contributed by atoms with Gasteiger partial charge < -0.3 is 20.1 Å². The standard InChI is InChI=1S/C7H16N2O3/c1-8-3-5-12-6-4-9-7(10)11-2/h8H,3-6H2,1-2H3,(H,9,10). The van der Waals surface area contributed by atoms with Gasteiger partial charge in [0.2, 0.25) is 0 Å². The highest BCUT2D eigenvalue weighted by Crippen LogP contribution is 1.73. The lowest BCUT2D eigenvalue weighted by molar-refractivity contribution is 0.131. The monoisotopic (exact) mass is 176 g/mol. The summed E-state index contributed by atoms with van der Waals surface area (Å²) in [6.45, 7) is 2.46. The predicted octanol–water partition coefficient (Wildman–Crippen LogP) is -0.422. The van der Waals surface area contributed by atoms with Gasteiger partial charge in [0.1, 0.15) is 0 Å². The number of hydrogen-bond donors (Lipinski definition) is 2. The SMILES string of the molecule is CNCCOCCNC(=O)OC. The van der Waals surface area contributed by atoms with E-state index in [1.807, 2.05) is 7.05 Å². The largest absolute Gasteiger partial charge is 0.453 e. The van der Waals surface area contributed by atoms with Crippen LogP contribution in [0.4, 0.5) is 4.79 Å². The molecule has 0 fully saturated rings. The van der Waals surface area contributed by atoms with Crippen molar-refractivity contribution in [3.63, 3.8) is 0 Å². The van der Waals surface area contributed by atoms with E-state index in [-0.39, 0.29) is 0 Å². The maximum absolute atomic E-state index is 10.5. The summed E-state index contributed by atoms with van der Waals surface area (Å²) in [5.41, 5.74) is 0. The highest BCUT2D eigenvalue weighted by Gasteiger charge is 1.95. The molecule has 0 atom stereocenters. The van der Waals surface area contributed by atoms with Crippen LogP contribution in [0, 0.1) is 0 Å². The minimum atomic E-state index is -0.424. The molecule has 2 N–H and O–H groups in total. The summed E-state index contributed by atoms with van der Waals surface area (Å²) in [5.74, 6) is 0. The Labute approximate surface area is 72.4 Å². The van der Waals surface area contributed by atoms with Crippen LogP contribution in [-0.2, 0) is 9.47 Å². The molecule has 0 rings (SSSR count). The summed E-state index contributed by atoms with van der Waals surface area (Å²) in [6.07, 6.45) is -0.424. The van der Waals surface area contributed by atoms with Crippen molar-refractivity contribution in [1.29, 1.82) is 0 Å². The summed E-state index contributed by atoms with van der Waals surface area (Å²) in [4.78, 5) is 10.5. The van der Waals surface area contributed by atoms with Crippen molar-refractivity contribution in [1.82, 2.24) is 10.6 Å². The van der Waals surface area contributed by atoms with Crippen molar-refractivity contribution in [2.24, 2.45) is 0 Å². The Kier molecular flexibility index (Phi) is 7.73. The van der Waals surface area contributed by atoms with Gasteiger partial charge in [-0.15, -0.1) is 0 Å². The molecule has 0 saturated carbocycles. The average molecular weight is 176 g/mol. The fourth-order valence-corrected chi connectivity index (χ4v) is 0.574. The van der Waals surface area contributed by atoms with Gasteiger partial charge in [0.25, 0.3) is 0 Å². The van der Waals surface area contributed by atoms with Crippen LogP contribution in [0.2, 0.25) is 0 Å². The van der Waals surface area contributed by atoms with E-state index in [2.05, 4.69) is 15.4 Å². The first kappa shape index (κ1) is 11.2. The van der Waals surface area contributed by atoms with E-state index >= 15 is 0 Å². The quantitative estimate of drug-likeness (QED) is 0.539. The number of hydrogen-bond acceptors (Lipinski definition) is 4.